The number of rotatable bonds is 5. The predicted octanol–water partition coefficient (Wildman–Crippen LogP) is 1.90. The summed E-state index contributed by atoms with van der Waals surface area (Å²) in [6, 6.07) is 7.43. The Balaban J connectivity index is 1.67. The largest absolute Gasteiger partial charge is 0.497 e. The van der Waals surface area contributed by atoms with E-state index in [1.165, 1.54) is 0 Å². The number of likely N-dealkylation sites (tertiary alicyclic amines) is 1. The molecule has 0 spiro atoms. The standard InChI is InChI=1S/C17H20N4O3S/c1-24-12-6-4-5-11(9-12)10-19-16(22)15-13(18)14(20-25-15)17(23)21-7-2-3-8-21/h4-6,9H,2-3,7-8,10,18H2,1H3,(H,19,22). The van der Waals surface area contributed by atoms with Gasteiger partial charge in [0, 0.05) is 19.6 Å². The number of nitrogens with zero attached hydrogens (tertiary/aromatic N) is 2. The van der Waals surface area contributed by atoms with Gasteiger partial charge in [-0.05, 0) is 42.1 Å². The highest BCUT2D eigenvalue weighted by Gasteiger charge is 2.27. The van der Waals surface area contributed by atoms with Crippen molar-refractivity contribution in [1.29, 1.82) is 0 Å². The summed E-state index contributed by atoms with van der Waals surface area (Å²) in [5.41, 5.74) is 7.25. The maximum absolute atomic E-state index is 12.4. The lowest BCUT2D eigenvalue weighted by atomic mass is 10.2. The Morgan fingerprint density at radius 2 is 2.12 bits per heavy atom. The second-order valence-electron chi connectivity index (χ2n) is 5.81. The van der Waals surface area contributed by atoms with Crippen molar-refractivity contribution in [3.8, 4) is 5.75 Å². The van der Waals surface area contributed by atoms with Gasteiger partial charge in [0.25, 0.3) is 11.8 Å². The molecule has 1 aliphatic heterocycles. The van der Waals surface area contributed by atoms with Crippen molar-refractivity contribution in [1.82, 2.24) is 14.6 Å². The van der Waals surface area contributed by atoms with Crippen LogP contribution in [0.2, 0.25) is 0 Å². The van der Waals surface area contributed by atoms with Crippen LogP contribution in [-0.2, 0) is 6.54 Å². The van der Waals surface area contributed by atoms with E-state index in [4.69, 9.17) is 10.5 Å². The van der Waals surface area contributed by atoms with Crippen molar-refractivity contribution in [3.05, 3.63) is 40.4 Å². The Kier molecular flexibility index (Phi) is 5.18. The zero-order chi connectivity index (χ0) is 17.8. The van der Waals surface area contributed by atoms with E-state index in [-0.39, 0.29) is 28.1 Å². The smallest absolute Gasteiger partial charge is 0.275 e. The van der Waals surface area contributed by atoms with Gasteiger partial charge in [0.15, 0.2) is 5.69 Å². The zero-order valence-electron chi connectivity index (χ0n) is 13.9. The van der Waals surface area contributed by atoms with Crippen molar-refractivity contribution in [2.75, 3.05) is 25.9 Å². The highest BCUT2D eigenvalue weighted by atomic mass is 32.1. The molecule has 2 amide bonds. The molecule has 1 fully saturated rings. The molecule has 7 nitrogen and oxygen atoms in total. The number of hydrogen-bond donors (Lipinski definition) is 2. The summed E-state index contributed by atoms with van der Waals surface area (Å²) in [6.45, 7) is 1.77. The summed E-state index contributed by atoms with van der Waals surface area (Å²) in [5.74, 6) is 0.193. The third-order valence-corrected chi connectivity index (χ3v) is 4.98. The van der Waals surface area contributed by atoms with Crippen LogP contribution in [0.1, 0.15) is 38.6 Å². The molecule has 1 aliphatic rings. The normalized spacial score (nSPS) is 13.7. The first-order valence-corrected chi connectivity index (χ1v) is 8.83. The van der Waals surface area contributed by atoms with Crippen molar-refractivity contribution in [2.45, 2.75) is 19.4 Å². The maximum atomic E-state index is 12.4. The summed E-state index contributed by atoms with van der Waals surface area (Å²) in [5, 5.41) is 2.80. The fraction of sp³-hybridized carbons (Fsp3) is 0.353. The first-order valence-electron chi connectivity index (χ1n) is 8.05. The molecule has 0 bridgehead atoms. The Bertz CT molecular complexity index is 784. The number of carbonyl (C=O) groups is 2. The molecule has 0 saturated carbocycles. The second-order valence-corrected chi connectivity index (χ2v) is 6.58. The van der Waals surface area contributed by atoms with E-state index < -0.39 is 0 Å². The van der Waals surface area contributed by atoms with Gasteiger partial charge in [0.1, 0.15) is 10.6 Å². The molecule has 3 rings (SSSR count). The molecule has 2 heterocycles. The number of carbonyl (C=O) groups excluding carboxylic acids is 2. The molecule has 0 unspecified atom stereocenters. The lowest BCUT2D eigenvalue weighted by molar-refractivity contribution is 0.0789. The molecule has 3 N–H and O–H groups in total. The third-order valence-electron chi connectivity index (χ3n) is 4.12. The lowest BCUT2D eigenvalue weighted by Crippen LogP contribution is -2.29. The van der Waals surface area contributed by atoms with Crippen LogP contribution < -0.4 is 15.8 Å². The molecule has 2 aromatic rings. The van der Waals surface area contributed by atoms with Crippen molar-refractivity contribution >= 4 is 29.0 Å². The van der Waals surface area contributed by atoms with E-state index in [0.717, 1.165) is 35.7 Å². The molecule has 1 aromatic heterocycles. The zero-order valence-corrected chi connectivity index (χ0v) is 14.8. The molecule has 0 radical (unpaired) electrons. The Hall–Kier alpha value is -2.61. The van der Waals surface area contributed by atoms with Crippen molar-refractivity contribution < 1.29 is 14.3 Å². The van der Waals surface area contributed by atoms with Crippen LogP contribution in [0.3, 0.4) is 0 Å². The number of anilines is 1. The Labute approximate surface area is 149 Å². The minimum absolute atomic E-state index is 0.157. The van der Waals surface area contributed by atoms with Gasteiger partial charge < -0.3 is 20.7 Å². The van der Waals surface area contributed by atoms with Crippen LogP contribution >= 0.6 is 11.5 Å². The van der Waals surface area contributed by atoms with Gasteiger partial charge in [-0.2, -0.15) is 4.37 Å². The monoisotopic (exact) mass is 360 g/mol. The second kappa shape index (κ2) is 7.52. The number of ether oxygens (including phenoxy) is 1. The number of nitrogens with two attached hydrogens (primary N) is 1. The number of hydrogen-bond acceptors (Lipinski definition) is 6. The quantitative estimate of drug-likeness (QED) is 0.849. The number of nitrogen functional groups attached to an aromatic ring is 1. The molecule has 1 saturated heterocycles. The van der Waals surface area contributed by atoms with Gasteiger partial charge in [0.2, 0.25) is 0 Å². The van der Waals surface area contributed by atoms with Gasteiger partial charge in [0.05, 0.1) is 12.8 Å². The van der Waals surface area contributed by atoms with E-state index in [2.05, 4.69) is 9.69 Å². The fourth-order valence-corrected chi connectivity index (χ4v) is 3.44. The third kappa shape index (κ3) is 3.74. The molecule has 1 aromatic carbocycles. The number of nitrogens with one attached hydrogen (secondary N) is 1. The molecule has 0 atom stereocenters. The highest BCUT2D eigenvalue weighted by molar-refractivity contribution is 7.09. The molecular formula is C17H20N4O3S. The minimum atomic E-state index is -0.335. The lowest BCUT2D eigenvalue weighted by Gasteiger charge is -2.13. The average molecular weight is 360 g/mol. The number of aromatic nitrogens is 1. The van der Waals surface area contributed by atoms with Crippen LogP contribution in [0.25, 0.3) is 0 Å². The summed E-state index contributed by atoms with van der Waals surface area (Å²) in [4.78, 5) is 26.8. The SMILES string of the molecule is COc1cccc(CNC(=O)c2snc(C(=O)N3CCCC3)c2N)c1. The van der Waals surface area contributed by atoms with Crippen LogP contribution in [0.15, 0.2) is 24.3 Å². The fourth-order valence-electron chi connectivity index (χ4n) is 2.73. The van der Waals surface area contributed by atoms with E-state index in [0.29, 0.717) is 19.6 Å². The highest BCUT2D eigenvalue weighted by Crippen LogP contribution is 2.24. The van der Waals surface area contributed by atoms with Crippen molar-refractivity contribution in [2.24, 2.45) is 0 Å². The van der Waals surface area contributed by atoms with Crippen LogP contribution in [-0.4, -0.2) is 41.3 Å². The number of methoxy groups -OCH3 is 1. The van der Waals surface area contributed by atoms with E-state index in [9.17, 15) is 9.59 Å². The van der Waals surface area contributed by atoms with Gasteiger partial charge in [-0.3, -0.25) is 9.59 Å². The van der Waals surface area contributed by atoms with E-state index in [1.807, 2.05) is 24.3 Å². The Morgan fingerprint density at radius 1 is 1.36 bits per heavy atom. The summed E-state index contributed by atoms with van der Waals surface area (Å²) >= 11 is 0.955. The van der Waals surface area contributed by atoms with Gasteiger partial charge in [-0.25, -0.2) is 0 Å². The minimum Gasteiger partial charge on any atom is -0.497 e. The van der Waals surface area contributed by atoms with E-state index >= 15 is 0 Å². The molecule has 25 heavy (non-hydrogen) atoms. The first-order chi connectivity index (χ1) is 12.1. The van der Waals surface area contributed by atoms with Crippen LogP contribution in [0, 0.1) is 0 Å². The first kappa shape index (κ1) is 17.2. The summed E-state index contributed by atoms with van der Waals surface area (Å²) < 4.78 is 9.27. The maximum Gasteiger partial charge on any atom is 0.275 e. The summed E-state index contributed by atoms with van der Waals surface area (Å²) in [6.07, 6.45) is 1.98. The van der Waals surface area contributed by atoms with E-state index in [1.54, 1.807) is 12.0 Å². The summed E-state index contributed by atoms with van der Waals surface area (Å²) in [7, 11) is 1.59. The topological polar surface area (TPSA) is 97.5 Å². The van der Waals surface area contributed by atoms with Gasteiger partial charge in [-0.15, -0.1) is 0 Å². The number of benzene rings is 1. The Morgan fingerprint density at radius 3 is 2.84 bits per heavy atom. The molecular weight excluding hydrogens is 340 g/mol. The molecule has 132 valence electrons. The molecule has 0 aliphatic carbocycles. The van der Waals surface area contributed by atoms with Crippen LogP contribution in [0.5, 0.6) is 5.75 Å². The van der Waals surface area contributed by atoms with Crippen LogP contribution in [0.4, 0.5) is 5.69 Å². The predicted molar refractivity (Wildman–Crippen MR) is 95.8 cm³/mol. The average Bonchev–Trinajstić information content (AvgIpc) is 3.29. The van der Waals surface area contributed by atoms with Crippen molar-refractivity contribution in [3.63, 3.8) is 0 Å². The van der Waals surface area contributed by atoms with Gasteiger partial charge in [-0.1, -0.05) is 12.1 Å². The number of amides is 2. The van der Waals surface area contributed by atoms with Gasteiger partial charge >= 0.3 is 0 Å². The molecule has 8 heteroatoms.